The molecule has 2 aromatic rings. The molecule has 5 rings (SSSR count). The Morgan fingerprint density at radius 2 is 1.89 bits per heavy atom. The summed E-state index contributed by atoms with van der Waals surface area (Å²) in [4.78, 5) is 28.2. The lowest BCUT2D eigenvalue weighted by Crippen LogP contribution is -2.51. The molecule has 35 heavy (non-hydrogen) atoms. The first-order valence-corrected chi connectivity index (χ1v) is 11.2. The number of aryl methyl sites for hydroxylation is 2. The molecule has 1 aromatic carbocycles. The summed E-state index contributed by atoms with van der Waals surface area (Å²) in [6.07, 6.45) is -2.32. The highest BCUT2D eigenvalue weighted by Crippen LogP contribution is 2.49. The molecule has 3 fully saturated rings. The van der Waals surface area contributed by atoms with Crippen LogP contribution in [0.2, 0.25) is 0 Å². The second-order valence-corrected chi connectivity index (χ2v) is 9.46. The maximum Gasteiger partial charge on any atom is 0.419 e. The van der Waals surface area contributed by atoms with E-state index in [0.29, 0.717) is 23.7 Å². The molecular weight excluding hydrogens is 475 g/mol. The quantitative estimate of drug-likeness (QED) is 0.643. The number of aromatic nitrogens is 2. The van der Waals surface area contributed by atoms with Gasteiger partial charge < -0.3 is 15.0 Å². The molecule has 0 spiro atoms. The zero-order valence-corrected chi connectivity index (χ0v) is 18.9. The minimum absolute atomic E-state index is 0.0988. The number of rotatable bonds is 5. The number of hydrogen-bond acceptors (Lipinski definition) is 4. The van der Waals surface area contributed by atoms with E-state index in [-0.39, 0.29) is 42.7 Å². The summed E-state index contributed by atoms with van der Waals surface area (Å²) in [5, 5.41) is 6.77. The van der Waals surface area contributed by atoms with Crippen molar-refractivity contribution in [3.05, 3.63) is 52.3 Å². The van der Waals surface area contributed by atoms with E-state index in [0.717, 1.165) is 6.42 Å². The Labute approximate surface area is 197 Å². The summed E-state index contributed by atoms with van der Waals surface area (Å²) in [6.45, 7) is 1.99. The normalized spacial score (nSPS) is 24.7. The molecule has 3 aliphatic rings. The first kappa shape index (κ1) is 23.7. The highest BCUT2D eigenvalue weighted by atomic mass is 19.4. The van der Waals surface area contributed by atoms with Gasteiger partial charge in [0.05, 0.1) is 31.0 Å². The van der Waals surface area contributed by atoms with Gasteiger partial charge in [0, 0.05) is 24.6 Å². The average Bonchev–Trinajstić information content (AvgIpc) is 3.27. The van der Waals surface area contributed by atoms with E-state index in [1.165, 1.54) is 9.58 Å². The van der Waals surface area contributed by atoms with E-state index < -0.39 is 47.3 Å². The van der Waals surface area contributed by atoms with Crippen LogP contribution in [0, 0.1) is 30.4 Å². The van der Waals surface area contributed by atoms with Crippen LogP contribution >= 0.6 is 0 Å². The summed E-state index contributed by atoms with van der Waals surface area (Å²) in [7, 11) is 1.63. The van der Waals surface area contributed by atoms with E-state index in [2.05, 4.69) is 10.4 Å². The van der Waals surface area contributed by atoms with Crippen molar-refractivity contribution in [2.45, 2.75) is 44.1 Å². The maximum atomic E-state index is 14.8. The van der Waals surface area contributed by atoms with Gasteiger partial charge in [-0.1, -0.05) is 0 Å². The van der Waals surface area contributed by atoms with Crippen LogP contribution in [0.15, 0.2) is 18.3 Å². The van der Waals surface area contributed by atoms with Gasteiger partial charge in [0.1, 0.15) is 23.4 Å². The molecule has 0 bridgehead atoms. The molecule has 3 heterocycles. The van der Waals surface area contributed by atoms with Crippen LogP contribution in [-0.4, -0.2) is 51.8 Å². The molecule has 4 atom stereocenters. The second kappa shape index (κ2) is 8.28. The fourth-order valence-corrected chi connectivity index (χ4v) is 5.12. The van der Waals surface area contributed by atoms with E-state index in [4.69, 9.17) is 4.74 Å². The lowest BCUT2D eigenvalue weighted by atomic mass is 9.89. The number of benzene rings is 1. The van der Waals surface area contributed by atoms with Crippen molar-refractivity contribution in [2.24, 2.45) is 18.9 Å². The molecule has 2 amide bonds. The molecule has 1 saturated carbocycles. The van der Waals surface area contributed by atoms with Gasteiger partial charge in [-0.2, -0.15) is 18.3 Å². The highest BCUT2D eigenvalue weighted by molar-refractivity contribution is 5.98. The van der Waals surface area contributed by atoms with Crippen LogP contribution in [0.5, 0.6) is 0 Å². The van der Waals surface area contributed by atoms with Gasteiger partial charge >= 0.3 is 6.18 Å². The van der Waals surface area contributed by atoms with E-state index in [1.54, 1.807) is 20.2 Å². The van der Waals surface area contributed by atoms with Crippen molar-refractivity contribution in [1.29, 1.82) is 0 Å². The minimum atomic E-state index is -5.06. The van der Waals surface area contributed by atoms with Crippen LogP contribution in [0.25, 0.3) is 0 Å². The number of fused-ring (bicyclic) bond motifs is 1. The van der Waals surface area contributed by atoms with Crippen LogP contribution in [-0.2, 0) is 22.8 Å². The Bertz CT molecular complexity index is 1170. The van der Waals surface area contributed by atoms with Crippen molar-refractivity contribution >= 4 is 11.8 Å². The molecule has 1 aliphatic carbocycles. The fraction of sp³-hybridized carbons (Fsp3) is 0.522. The van der Waals surface area contributed by atoms with Crippen LogP contribution < -0.4 is 5.32 Å². The number of nitrogens with one attached hydrogen (secondary N) is 1. The van der Waals surface area contributed by atoms with Gasteiger partial charge in [-0.3, -0.25) is 14.3 Å². The minimum Gasteiger partial charge on any atom is -0.381 e. The Morgan fingerprint density at radius 1 is 1.17 bits per heavy atom. The lowest BCUT2D eigenvalue weighted by molar-refractivity contribution is -0.140. The van der Waals surface area contributed by atoms with Gasteiger partial charge in [0.2, 0.25) is 5.91 Å². The van der Waals surface area contributed by atoms with Crippen molar-refractivity contribution < 1.29 is 36.3 Å². The number of hydrogen-bond donors (Lipinski definition) is 1. The summed E-state index contributed by atoms with van der Waals surface area (Å²) >= 11 is 0. The van der Waals surface area contributed by atoms with E-state index in [9.17, 15) is 31.5 Å². The number of likely N-dealkylation sites (tertiary alicyclic amines) is 1. The van der Waals surface area contributed by atoms with Crippen molar-refractivity contribution in [3.8, 4) is 0 Å². The lowest BCUT2D eigenvalue weighted by Gasteiger charge is -2.36. The molecule has 12 heteroatoms. The number of carbonyl (C=O) groups excluding carboxylic acids is 2. The molecule has 7 nitrogen and oxygen atoms in total. The fourth-order valence-electron chi connectivity index (χ4n) is 5.12. The Kier molecular flexibility index (Phi) is 5.61. The molecule has 1 N–H and O–H groups in total. The largest absolute Gasteiger partial charge is 0.419 e. The van der Waals surface area contributed by atoms with Crippen molar-refractivity contribution in [2.75, 3.05) is 13.2 Å². The highest BCUT2D eigenvalue weighted by Gasteiger charge is 2.57. The first-order chi connectivity index (χ1) is 16.5. The topological polar surface area (TPSA) is 76.5 Å². The van der Waals surface area contributed by atoms with Gasteiger partial charge in [0.25, 0.3) is 5.91 Å². The standard InChI is InChI=1S/C23H23F5N4O3/c1-10-7-29-31(2)20(10)22(34)32-17-3-11(17)4-18(32)21(33)30-19(12-8-35-9-12)13-5-16(25)14(6-15(13)24)23(26,27)28/h5-7,11-12,17-19H,3-4,8-9H2,1-2H3,(H,30,33)/t11-,17-,18-,19-/m1/s1. The predicted molar refractivity (Wildman–Crippen MR) is 111 cm³/mol. The number of alkyl halides is 3. The molecule has 2 saturated heterocycles. The van der Waals surface area contributed by atoms with Gasteiger partial charge in [-0.05, 0) is 43.4 Å². The van der Waals surface area contributed by atoms with Crippen LogP contribution in [0.3, 0.4) is 0 Å². The molecule has 188 valence electrons. The monoisotopic (exact) mass is 498 g/mol. The third-order valence-electron chi connectivity index (χ3n) is 7.13. The van der Waals surface area contributed by atoms with Crippen LogP contribution in [0.1, 0.15) is 46.1 Å². The summed E-state index contributed by atoms with van der Waals surface area (Å²) < 4.78 is 74.6. The number of amides is 2. The predicted octanol–water partition coefficient (Wildman–Crippen LogP) is 3.13. The SMILES string of the molecule is Cc1cnn(C)c1C(=O)N1[C@@H](C(=O)N[C@@H](c2cc(F)c(C(F)(F)F)cc2F)C2COC2)C[C@H]2C[C@H]21. The molecule has 0 unspecified atom stereocenters. The maximum absolute atomic E-state index is 14.8. The number of nitrogens with zero attached hydrogens (tertiary/aromatic N) is 3. The summed E-state index contributed by atoms with van der Waals surface area (Å²) in [5.41, 5.74) is -1.09. The molecule has 2 aliphatic heterocycles. The molecule has 1 aromatic heterocycles. The summed E-state index contributed by atoms with van der Waals surface area (Å²) in [6, 6.07) is -1.46. The Balaban J connectivity index is 1.42. The number of piperidine rings is 1. The second-order valence-electron chi connectivity index (χ2n) is 9.46. The van der Waals surface area contributed by atoms with E-state index >= 15 is 0 Å². The number of ether oxygens (including phenoxy) is 1. The summed E-state index contributed by atoms with van der Waals surface area (Å²) in [5.74, 6) is -4.11. The Hall–Kier alpha value is -3.02. The van der Waals surface area contributed by atoms with Crippen molar-refractivity contribution in [1.82, 2.24) is 20.0 Å². The number of carbonyl (C=O) groups is 2. The third kappa shape index (κ3) is 4.07. The van der Waals surface area contributed by atoms with E-state index in [1.807, 2.05) is 0 Å². The first-order valence-electron chi connectivity index (χ1n) is 11.2. The third-order valence-corrected chi connectivity index (χ3v) is 7.13. The van der Waals surface area contributed by atoms with Gasteiger partial charge in [-0.25, -0.2) is 8.78 Å². The molecular formula is C23H23F5N4O3. The Morgan fingerprint density at radius 3 is 2.46 bits per heavy atom. The number of halogens is 5. The zero-order chi connectivity index (χ0) is 25.2. The smallest absolute Gasteiger partial charge is 0.381 e. The van der Waals surface area contributed by atoms with Gasteiger partial charge in [0.15, 0.2) is 0 Å². The van der Waals surface area contributed by atoms with Crippen molar-refractivity contribution in [3.63, 3.8) is 0 Å². The average molecular weight is 498 g/mol. The molecule has 0 radical (unpaired) electrons. The van der Waals surface area contributed by atoms with Gasteiger partial charge in [-0.15, -0.1) is 0 Å². The van der Waals surface area contributed by atoms with Crippen LogP contribution in [0.4, 0.5) is 22.0 Å². The zero-order valence-electron chi connectivity index (χ0n) is 18.9.